The average molecular weight is 447 g/mol. The van der Waals surface area contributed by atoms with E-state index in [9.17, 15) is 9.59 Å². The number of esters is 1. The number of ether oxygens (including phenoxy) is 1. The van der Waals surface area contributed by atoms with Crippen LogP contribution in [0.1, 0.15) is 17.3 Å². The van der Waals surface area contributed by atoms with Gasteiger partial charge in [0.1, 0.15) is 5.82 Å². The number of pyridine rings is 1. The highest BCUT2D eigenvalue weighted by atomic mass is 79.9. The molecule has 1 saturated heterocycles. The Morgan fingerprint density at radius 2 is 1.96 bits per heavy atom. The van der Waals surface area contributed by atoms with E-state index < -0.39 is 0 Å². The predicted molar refractivity (Wildman–Crippen MR) is 112 cm³/mol. The lowest BCUT2D eigenvalue weighted by molar-refractivity contribution is -0.117. The number of halogens is 1. The number of amides is 1. The number of rotatable bonds is 5. The summed E-state index contributed by atoms with van der Waals surface area (Å²) < 4.78 is 5.60. The molecule has 0 saturated carbocycles. The summed E-state index contributed by atoms with van der Waals surface area (Å²) in [6.45, 7) is 4.84. The second-order valence-corrected chi connectivity index (χ2v) is 7.63. The molecule has 1 aliphatic heterocycles. The van der Waals surface area contributed by atoms with Crippen molar-refractivity contribution in [3.63, 3.8) is 0 Å². The predicted octanol–water partition coefficient (Wildman–Crippen LogP) is 2.78. The minimum atomic E-state index is -0.337. The molecule has 8 heteroatoms. The molecule has 0 radical (unpaired) electrons. The van der Waals surface area contributed by atoms with E-state index >= 15 is 0 Å². The Kier molecular flexibility index (Phi) is 6.64. The van der Waals surface area contributed by atoms with Crippen molar-refractivity contribution in [1.29, 1.82) is 0 Å². The molecular weight excluding hydrogens is 424 g/mol. The number of nitrogens with one attached hydrogen (secondary N) is 1. The number of nitrogens with zero attached hydrogens (tertiary/aromatic N) is 3. The van der Waals surface area contributed by atoms with E-state index in [-0.39, 0.29) is 17.9 Å². The molecule has 1 unspecified atom stereocenters. The summed E-state index contributed by atoms with van der Waals surface area (Å²) in [4.78, 5) is 32.5. The van der Waals surface area contributed by atoms with Crippen LogP contribution in [0.15, 0.2) is 47.1 Å². The summed E-state index contributed by atoms with van der Waals surface area (Å²) in [7, 11) is 1.38. The molecule has 3 rings (SSSR count). The highest BCUT2D eigenvalue weighted by molar-refractivity contribution is 9.10. The van der Waals surface area contributed by atoms with Gasteiger partial charge in [0.05, 0.1) is 19.2 Å². The maximum atomic E-state index is 12.3. The van der Waals surface area contributed by atoms with E-state index in [1.165, 1.54) is 7.11 Å². The van der Waals surface area contributed by atoms with Crippen molar-refractivity contribution in [3.05, 3.63) is 52.6 Å². The van der Waals surface area contributed by atoms with Gasteiger partial charge in [-0.3, -0.25) is 9.69 Å². The zero-order valence-corrected chi connectivity index (χ0v) is 17.5. The number of hydrogen-bond acceptors (Lipinski definition) is 6. The number of benzene rings is 1. The SMILES string of the molecule is COC(=O)c1ccc(N2CCN(CC(=O)Nc3ccc(Br)cn3)C(C)C2)cc1. The van der Waals surface area contributed by atoms with Crippen LogP contribution < -0.4 is 10.2 Å². The molecule has 1 aromatic heterocycles. The van der Waals surface area contributed by atoms with Gasteiger partial charge in [-0.25, -0.2) is 9.78 Å². The van der Waals surface area contributed by atoms with Gasteiger partial charge >= 0.3 is 5.97 Å². The fourth-order valence-electron chi connectivity index (χ4n) is 3.21. The van der Waals surface area contributed by atoms with Gasteiger partial charge < -0.3 is 15.0 Å². The monoisotopic (exact) mass is 446 g/mol. The second-order valence-electron chi connectivity index (χ2n) is 6.71. The first kappa shape index (κ1) is 20.3. The van der Waals surface area contributed by atoms with Crippen molar-refractivity contribution < 1.29 is 14.3 Å². The van der Waals surface area contributed by atoms with E-state index in [0.717, 1.165) is 29.8 Å². The summed E-state index contributed by atoms with van der Waals surface area (Å²) >= 11 is 3.33. The molecule has 2 aromatic rings. The van der Waals surface area contributed by atoms with Crippen molar-refractivity contribution in [2.75, 3.05) is 43.5 Å². The highest BCUT2D eigenvalue weighted by Gasteiger charge is 2.25. The van der Waals surface area contributed by atoms with Gasteiger partial charge in [0.25, 0.3) is 0 Å². The first-order chi connectivity index (χ1) is 13.5. The van der Waals surface area contributed by atoms with Crippen LogP contribution in [0.2, 0.25) is 0 Å². The quantitative estimate of drug-likeness (QED) is 0.711. The Bertz CT molecular complexity index is 826. The maximum absolute atomic E-state index is 12.3. The van der Waals surface area contributed by atoms with Crippen LogP contribution in [0.4, 0.5) is 11.5 Å². The van der Waals surface area contributed by atoms with Gasteiger partial charge in [0, 0.05) is 42.0 Å². The number of methoxy groups -OCH3 is 1. The number of piperazine rings is 1. The van der Waals surface area contributed by atoms with Gasteiger partial charge in [-0.2, -0.15) is 0 Å². The summed E-state index contributed by atoms with van der Waals surface area (Å²) in [5.41, 5.74) is 1.60. The van der Waals surface area contributed by atoms with Crippen LogP contribution in [0.3, 0.4) is 0 Å². The van der Waals surface area contributed by atoms with E-state index in [1.807, 2.05) is 18.2 Å². The van der Waals surface area contributed by atoms with Crippen LogP contribution in [0, 0.1) is 0 Å². The zero-order chi connectivity index (χ0) is 20.1. The molecule has 2 heterocycles. The van der Waals surface area contributed by atoms with Crippen molar-refractivity contribution in [2.45, 2.75) is 13.0 Å². The van der Waals surface area contributed by atoms with Crippen molar-refractivity contribution in [2.24, 2.45) is 0 Å². The molecule has 0 bridgehead atoms. The molecule has 1 aliphatic rings. The third-order valence-electron chi connectivity index (χ3n) is 4.76. The van der Waals surface area contributed by atoms with Crippen molar-refractivity contribution in [1.82, 2.24) is 9.88 Å². The molecule has 1 N–H and O–H groups in total. The molecule has 1 amide bonds. The average Bonchev–Trinajstić information content (AvgIpc) is 2.71. The molecule has 148 valence electrons. The van der Waals surface area contributed by atoms with Crippen LogP contribution in [0.5, 0.6) is 0 Å². The molecule has 1 atom stereocenters. The largest absolute Gasteiger partial charge is 0.465 e. The molecule has 28 heavy (non-hydrogen) atoms. The fraction of sp³-hybridized carbons (Fsp3) is 0.350. The van der Waals surface area contributed by atoms with E-state index in [2.05, 4.69) is 43.0 Å². The summed E-state index contributed by atoms with van der Waals surface area (Å²) in [5, 5.41) is 2.83. The number of carbonyl (C=O) groups is 2. The number of carbonyl (C=O) groups excluding carboxylic acids is 2. The van der Waals surface area contributed by atoms with Crippen LogP contribution >= 0.6 is 15.9 Å². The third-order valence-corrected chi connectivity index (χ3v) is 5.23. The maximum Gasteiger partial charge on any atom is 0.337 e. The Balaban J connectivity index is 1.53. The Hall–Kier alpha value is -2.45. The molecule has 0 spiro atoms. The lowest BCUT2D eigenvalue weighted by Gasteiger charge is -2.40. The first-order valence-electron chi connectivity index (χ1n) is 9.05. The highest BCUT2D eigenvalue weighted by Crippen LogP contribution is 2.20. The summed E-state index contributed by atoms with van der Waals surface area (Å²) in [5.74, 6) is 0.138. The van der Waals surface area contributed by atoms with Gasteiger partial charge in [-0.15, -0.1) is 0 Å². The number of hydrogen-bond donors (Lipinski definition) is 1. The van der Waals surface area contributed by atoms with Crippen LogP contribution in [0.25, 0.3) is 0 Å². The van der Waals surface area contributed by atoms with Crippen LogP contribution in [-0.4, -0.2) is 61.1 Å². The molecule has 1 aromatic carbocycles. The zero-order valence-electron chi connectivity index (χ0n) is 15.9. The van der Waals surface area contributed by atoms with Crippen molar-refractivity contribution in [3.8, 4) is 0 Å². The fourth-order valence-corrected chi connectivity index (χ4v) is 3.44. The summed E-state index contributed by atoms with van der Waals surface area (Å²) in [6.07, 6.45) is 1.66. The number of aromatic nitrogens is 1. The van der Waals surface area contributed by atoms with Gasteiger partial charge in [-0.1, -0.05) is 0 Å². The topological polar surface area (TPSA) is 74.8 Å². The molecule has 1 fully saturated rings. The van der Waals surface area contributed by atoms with E-state index in [1.54, 1.807) is 24.4 Å². The summed E-state index contributed by atoms with van der Waals surface area (Å²) in [6, 6.07) is 11.2. The normalized spacial score (nSPS) is 17.2. The lowest BCUT2D eigenvalue weighted by Crippen LogP contribution is -2.53. The number of anilines is 2. The van der Waals surface area contributed by atoms with E-state index in [4.69, 9.17) is 4.74 Å². The Labute approximate surface area is 172 Å². The van der Waals surface area contributed by atoms with Crippen molar-refractivity contribution >= 4 is 39.3 Å². The second kappa shape index (κ2) is 9.16. The minimum absolute atomic E-state index is 0.0717. The standard InChI is InChI=1S/C20H23BrN4O3/c1-14-12-25(17-6-3-15(4-7-17)20(27)28-2)10-9-24(14)13-19(26)23-18-8-5-16(21)11-22-18/h3-8,11,14H,9-10,12-13H2,1-2H3,(H,22,23,26). The lowest BCUT2D eigenvalue weighted by atomic mass is 10.1. The Morgan fingerprint density at radius 3 is 2.57 bits per heavy atom. The van der Waals surface area contributed by atoms with Gasteiger partial charge in [-0.05, 0) is 59.3 Å². The molecule has 7 nitrogen and oxygen atoms in total. The first-order valence-corrected chi connectivity index (χ1v) is 9.84. The smallest absolute Gasteiger partial charge is 0.337 e. The molecule has 0 aliphatic carbocycles. The van der Waals surface area contributed by atoms with Gasteiger partial charge in [0.15, 0.2) is 0 Å². The molecular formula is C20H23BrN4O3. The van der Waals surface area contributed by atoms with Gasteiger partial charge in [0.2, 0.25) is 5.91 Å². The Morgan fingerprint density at radius 1 is 1.21 bits per heavy atom. The third kappa shape index (κ3) is 5.08. The minimum Gasteiger partial charge on any atom is -0.465 e. The van der Waals surface area contributed by atoms with E-state index in [0.29, 0.717) is 17.9 Å². The van der Waals surface area contributed by atoms with Crippen LogP contribution in [-0.2, 0) is 9.53 Å².